The van der Waals surface area contributed by atoms with Gasteiger partial charge in [0.1, 0.15) is 0 Å². The SMILES string of the molecule is CO[P+](=O)Oc1ccc(C(C)(C)c2ccccc2)cc1. The summed E-state index contributed by atoms with van der Waals surface area (Å²) in [4.78, 5) is 0. The molecule has 0 amide bonds. The topological polar surface area (TPSA) is 35.5 Å². The normalized spacial score (nSPS) is 12.1. The van der Waals surface area contributed by atoms with Gasteiger partial charge in [-0.1, -0.05) is 56.3 Å². The van der Waals surface area contributed by atoms with E-state index in [4.69, 9.17) is 4.52 Å². The van der Waals surface area contributed by atoms with Gasteiger partial charge in [0.05, 0.1) is 7.11 Å². The molecule has 0 saturated heterocycles. The maximum absolute atomic E-state index is 11.2. The number of hydrogen-bond donors (Lipinski definition) is 0. The Morgan fingerprint density at radius 1 is 0.900 bits per heavy atom. The Kier molecular flexibility index (Phi) is 4.53. The monoisotopic (exact) mass is 289 g/mol. The van der Waals surface area contributed by atoms with Crippen LogP contribution in [0.3, 0.4) is 0 Å². The van der Waals surface area contributed by atoms with E-state index in [0.717, 1.165) is 0 Å². The summed E-state index contributed by atoms with van der Waals surface area (Å²) in [5.74, 6) is 0.542. The molecule has 2 aromatic carbocycles. The maximum Gasteiger partial charge on any atom is 0.749 e. The second-order valence-electron chi connectivity index (χ2n) is 5.01. The van der Waals surface area contributed by atoms with Gasteiger partial charge >= 0.3 is 8.25 Å². The molecule has 0 spiro atoms. The Hall–Kier alpha value is -1.70. The fraction of sp³-hybridized carbons (Fsp3) is 0.250. The molecular weight excluding hydrogens is 271 g/mol. The smallest absolute Gasteiger partial charge is 0.229 e. The molecule has 104 valence electrons. The van der Waals surface area contributed by atoms with Gasteiger partial charge in [-0.2, -0.15) is 0 Å². The standard InChI is InChI=1S/C16H18O3P/c1-16(2,13-7-5-4-6-8-13)14-9-11-15(12-10-14)19-20(17)18-3/h4-12H,1-3H3/q+1. The van der Waals surface area contributed by atoms with Crippen molar-refractivity contribution in [3.63, 3.8) is 0 Å². The summed E-state index contributed by atoms with van der Waals surface area (Å²) < 4.78 is 20.9. The highest BCUT2D eigenvalue weighted by molar-refractivity contribution is 7.33. The zero-order valence-corrected chi connectivity index (χ0v) is 12.8. The van der Waals surface area contributed by atoms with Crippen LogP contribution >= 0.6 is 8.25 Å². The van der Waals surface area contributed by atoms with Crippen molar-refractivity contribution in [2.75, 3.05) is 7.11 Å². The molecule has 0 bridgehead atoms. The van der Waals surface area contributed by atoms with Crippen LogP contribution in [0.2, 0.25) is 0 Å². The van der Waals surface area contributed by atoms with Crippen LogP contribution in [0.5, 0.6) is 5.75 Å². The van der Waals surface area contributed by atoms with Crippen molar-refractivity contribution < 1.29 is 13.6 Å². The lowest BCUT2D eigenvalue weighted by atomic mass is 9.78. The van der Waals surface area contributed by atoms with Crippen LogP contribution in [-0.4, -0.2) is 7.11 Å². The molecule has 2 rings (SSSR count). The van der Waals surface area contributed by atoms with Crippen molar-refractivity contribution in [2.24, 2.45) is 0 Å². The van der Waals surface area contributed by atoms with Gasteiger partial charge < -0.3 is 0 Å². The lowest BCUT2D eigenvalue weighted by molar-refractivity contribution is 0.349. The van der Waals surface area contributed by atoms with Crippen LogP contribution in [0.1, 0.15) is 25.0 Å². The minimum atomic E-state index is -2.09. The van der Waals surface area contributed by atoms with Crippen molar-refractivity contribution in [3.05, 3.63) is 65.7 Å². The van der Waals surface area contributed by atoms with Gasteiger partial charge in [-0.15, -0.1) is 4.52 Å². The first-order valence-corrected chi connectivity index (χ1v) is 7.49. The molecule has 0 heterocycles. The van der Waals surface area contributed by atoms with Crippen molar-refractivity contribution in [3.8, 4) is 5.75 Å². The lowest BCUT2D eigenvalue weighted by Crippen LogP contribution is -2.18. The summed E-state index contributed by atoms with van der Waals surface area (Å²) >= 11 is 0. The zero-order chi connectivity index (χ0) is 14.6. The highest BCUT2D eigenvalue weighted by Crippen LogP contribution is 2.33. The molecule has 20 heavy (non-hydrogen) atoms. The van der Waals surface area contributed by atoms with E-state index >= 15 is 0 Å². The molecular formula is C16H18O3P+. The average molecular weight is 289 g/mol. The van der Waals surface area contributed by atoms with E-state index < -0.39 is 8.25 Å². The Morgan fingerprint density at radius 2 is 1.45 bits per heavy atom. The predicted molar refractivity (Wildman–Crippen MR) is 80.3 cm³/mol. The van der Waals surface area contributed by atoms with Crippen LogP contribution in [-0.2, 0) is 14.5 Å². The number of benzene rings is 2. The number of rotatable bonds is 5. The fourth-order valence-electron chi connectivity index (χ4n) is 2.08. The molecule has 1 atom stereocenters. The molecule has 1 unspecified atom stereocenters. The highest BCUT2D eigenvalue weighted by atomic mass is 31.1. The van der Waals surface area contributed by atoms with Gasteiger partial charge in [-0.3, -0.25) is 0 Å². The van der Waals surface area contributed by atoms with Gasteiger partial charge in [-0.05, 0) is 23.3 Å². The molecule has 0 aromatic heterocycles. The summed E-state index contributed by atoms with van der Waals surface area (Å²) in [6.07, 6.45) is 0. The van der Waals surface area contributed by atoms with Crippen LogP contribution < -0.4 is 4.52 Å². The lowest BCUT2D eigenvalue weighted by Gasteiger charge is -2.26. The fourth-order valence-corrected chi connectivity index (χ4v) is 2.45. The van der Waals surface area contributed by atoms with E-state index in [0.29, 0.717) is 5.75 Å². The largest absolute Gasteiger partial charge is 0.749 e. The third kappa shape index (κ3) is 3.24. The Morgan fingerprint density at radius 3 is 2.00 bits per heavy atom. The van der Waals surface area contributed by atoms with Gasteiger partial charge in [-0.25, -0.2) is 4.52 Å². The van der Waals surface area contributed by atoms with Crippen molar-refractivity contribution in [2.45, 2.75) is 19.3 Å². The Bertz CT molecular complexity index is 576. The van der Waals surface area contributed by atoms with Crippen LogP contribution in [0.4, 0.5) is 0 Å². The summed E-state index contributed by atoms with van der Waals surface area (Å²) in [5.41, 5.74) is 2.32. The molecule has 0 fully saturated rings. The quantitative estimate of drug-likeness (QED) is 0.749. The molecule has 0 saturated carbocycles. The summed E-state index contributed by atoms with van der Waals surface area (Å²) in [7, 11) is -0.733. The molecule has 4 heteroatoms. The summed E-state index contributed by atoms with van der Waals surface area (Å²) in [6, 6.07) is 17.9. The predicted octanol–water partition coefficient (Wildman–Crippen LogP) is 4.70. The Balaban J connectivity index is 2.23. The van der Waals surface area contributed by atoms with Crippen LogP contribution in [0, 0.1) is 0 Å². The summed E-state index contributed by atoms with van der Waals surface area (Å²) in [6.45, 7) is 4.35. The maximum atomic E-state index is 11.2. The molecule has 0 aliphatic heterocycles. The van der Waals surface area contributed by atoms with E-state index in [-0.39, 0.29) is 5.41 Å². The van der Waals surface area contributed by atoms with Crippen LogP contribution in [0.15, 0.2) is 54.6 Å². The second kappa shape index (κ2) is 6.17. The molecule has 2 aromatic rings. The molecule has 0 N–H and O–H groups in total. The first kappa shape index (κ1) is 14.7. The zero-order valence-electron chi connectivity index (χ0n) is 11.9. The minimum absolute atomic E-state index is 0.0940. The van der Waals surface area contributed by atoms with E-state index in [1.165, 1.54) is 18.2 Å². The van der Waals surface area contributed by atoms with Gasteiger partial charge in [0.15, 0.2) is 5.75 Å². The van der Waals surface area contributed by atoms with Crippen molar-refractivity contribution >= 4 is 8.25 Å². The van der Waals surface area contributed by atoms with Crippen molar-refractivity contribution in [1.29, 1.82) is 0 Å². The summed E-state index contributed by atoms with van der Waals surface area (Å²) in [5, 5.41) is 0. The molecule has 3 nitrogen and oxygen atoms in total. The van der Waals surface area contributed by atoms with Gasteiger partial charge in [0, 0.05) is 9.98 Å². The third-order valence-corrected chi connectivity index (χ3v) is 4.06. The average Bonchev–Trinajstić information content (AvgIpc) is 2.48. The van der Waals surface area contributed by atoms with Gasteiger partial charge in [0.2, 0.25) is 0 Å². The third-order valence-electron chi connectivity index (χ3n) is 3.40. The second-order valence-corrected chi connectivity index (χ2v) is 6.01. The molecule has 0 aliphatic rings. The van der Waals surface area contributed by atoms with E-state index in [9.17, 15) is 4.57 Å². The minimum Gasteiger partial charge on any atom is -0.229 e. The van der Waals surface area contributed by atoms with E-state index in [1.54, 1.807) is 0 Å². The first-order chi connectivity index (χ1) is 9.54. The van der Waals surface area contributed by atoms with Crippen LogP contribution in [0.25, 0.3) is 0 Å². The first-order valence-electron chi connectivity index (χ1n) is 6.39. The van der Waals surface area contributed by atoms with E-state index in [1.807, 2.05) is 42.5 Å². The van der Waals surface area contributed by atoms with Gasteiger partial charge in [0.25, 0.3) is 0 Å². The molecule has 0 radical (unpaired) electrons. The van der Waals surface area contributed by atoms with E-state index in [2.05, 4.69) is 30.5 Å². The molecule has 0 aliphatic carbocycles. The number of hydrogen-bond acceptors (Lipinski definition) is 3. The van der Waals surface area contributed by atoms with Crippen molar-refractivity contribution in [1.82, 2.24) is 0 Å². The Labute approximate surface area is 120 Å². The highest BCUT2D eigenvalue weighted by Gasteiger charge is 2.24.